The van der Waals surface area contributed by atoms with Crippen molar-refractivity contribution in [3.05, 3.63) is 65.5 Å². The molecule has 0 saturated carbocycles. The Bertz CT molecular complexity index is 917. The van der Waals surface area contributed by atoms with Crippen LogP contribution in [0.25, 0.3) is 11.0 Å². The van der Waals surface area contributed by atoms with Gasteiger partial charge in [0.2, 0.25) is 0 Å². The highest BCUT2D eigenvalue weighted by Crippen LogP contribution is 2.21. The van der Waals surface area contributed by atoms with E-state index in [2.05, 4.69) is 24.6 Å². The van der Waals surface area contributed by atoms with Gasteiger partial charge in [0.05, 0.1) is 17.6 Å². The van der Waals surface area contributed by atoms with E-state index in [4.69, 9.17) is 9.47 Å². The second-order valence-electron chi connectivity index (χ2n) is 8.12. The highest BCUT2D eigenvalue weighted by molar-refractivity contribution is 6.76. The molecule has 0 N–H and O–H groups in total. The third-order valence-corrected chi connectivity index (χ3v) is 6.27. The first-order valence-corrected chi connectivity index (χ1v) is 13.3. The van der Waals surface area contributed by atoms with Gasteiger partial charge in [0.25, 0.3) is 0 Å². The van der Waals surface area contributed by atoms with E-state index in [9.17, 15) is 4.79 Å². The molecule has 0 saturated heterocycles. The van der Waals surface area contributed by atoms with Gasteiger partial charge >= 0.3 is 0 Å². The minimum atomic E-state index is -1.15. The molecule has 0 bridgehead atoms. The summed E-state index contributed by atoms with van der Waals surface area (Å²) in [4.78, 5) is 16.2. The van der Waals surface area contributed by atoms with Crippen LogP contribution in [0.4, 0.5) is 0 Å². The number of hydrogen-bond donors (Lipinski definition) is 0. The molecular formula is C22H28N2O3Si. The first-order chi connectivity index (χ1) is 13.5. The van der Waals surface area contributed by atoms with Crippen molar-refractivity contribution < 1.29 is 14.3 Å². The molecule has 3 rings (SSSR count). The normalized spacial score (nSPS) is 11.8. The number of fused-ring (bicyclic) bond motifs is 1. The van der Waals surface area contributed by atoms with Crippen LogP contribution in [0.5, 0.6) is 0 Å². The van der Waals surface area contributed by atoms with E-state index in [1.165, 1.54) is 0 Å². The van der Waals surface area contributed by atoms with Gasteiger partial charge in [0.1, 0.15) is 19.2 Å². The Morgan fingerprint density at radius 3 is 2.50 bits per heavy atom. The van der Waals surface area contributed by atoms with Crippen molar-refractivity contribution in [3.8, 4) is 0 Å². The maximum absolute atomic E-state index is 11.5. The van der Waals surface area contributed by atoms with Crippen molar-refractivity contribution in [2.45, 2.75) is 45.6 Å². The van der Waals surface area contributed by atoms with Gasteiger partial charge in [-0.3, -0.25) is 4.79 Å². The molecule has 148 valence electrons. The SMILES string of the molecule is C[Si](C)(C)CCOCn1c(COCc2ccccc2)nc2cccc(C=O)c21. The van der Waals surface area contributed by atoms with Gasteiger partial charge in [-0.15, -0.1) is 0 Å². The molecule has 0 aliphatic carbocycles. The molecule has 0 fully saturated rings. The molecule has 0 aliphatic heterocycles. The van der Waals surface area contributed by atoms with Gasteiger partial charge in [-0.25, -0.2) is 4.98 Å². The summed E-state index contributed by atoms with van der Waals surface area (Å²) in [5.41, 5.74) is 3.33. The zero-order chi connectivity index (χ0) is 20.0. The Hall–Kier alpha value is -2.28. The van der Waals surface area contributed by atoms with Crippen LogP contribution in [0, 0.1) is 0 Å². The van der Waals surface area contributed by atoms with E-state index in [1.807, 2.05) is 53.1 Å². The molecular weight excluding hydrogens is 368 g/mol. The summed E-state index contributed by atoms with van der Waals surface area (Å²) >= 11 is 0. The lowest BCUT2D eigenvalue weighted by atomic mass is 10.2. The third-order valence-electron chi connectivity index (χ3n) is 4.56. The van der Waals surface area contributed by atoms with Crippen LogP contribution < -0.4 is 0 Å². The van der Waals surface area contributed by atoms with Gasteiger partial charge in [0, 0.05) is 20.2 Å². The van der Waals surface area contributed by atoms with E-state index >= 15 is 0 Å². The highest BCUT2D eigenvalue weighted by atomic mass is 28.3. The third kappa shape index (κ3) is 5.38. The summed E-state index contributed by atoms with van der Waals surface area (Å²) in [5.74, 6) is 0.772. The summed E-state index contributed by atoms with van der Waals surface area (Å²) in [5, 5.41) is 0. The van der Waals surface area contributed by atoms with E-state index in [-0.39, 0.29) is 0 Å². The van der Waals surface area contributed by atoms with Crippen molar-refractivity contribution in [2.24, 2.45) is 0 Å². The van der Waals surface area contributed by atoms with Crippen molar-refractivity contribution in [1.29, 1.82) is 0 Å². The van der Waals surface area contributed by atoms with Crippen LogP contribution in [0.3, 0.4) is 0 Å². The summed E-state index contributed by atoms with van der Waals surface area (Å²) in [7, 11) is -1.15. The fraction of sp³-hybridized carbons (Fsp3) is 0.364. The van der Waals surface area contributed by atoms with E-state index in [0.717, 1.165) is 34.8 Å². The second kappa shape index (κ2) is 9.27. The summed E-state index contributed by atoms with van der Waals surface area (Å²) in [6.07, 6.45) is 0.872. The maximum atomic E-state index is 11.5. The van der Waals surface area contributed by atoms with Crippen LogP contribution in [-0.2, 0) is 29.4 Å². The Balaban J connectivity index is 1.76. The number of imidazole rings is 1. The predicted molar refractivity (Wildman–Crippen MR) is 114 cm³/mol. The number of aldehydes is 1. The first kappa shape index (κ1) is 20.5. The molecule has 0 amide bonds. The summed E-state index contributed by atoms with van der Waals surface area (Å²) < 4.78 is 13.8. The van der Waals surface area contributed by atoms with Gasteiger partial charge in [-0.05, 0) is 23.7 Å². The van der Waals surface area contributed by atoms with Gasteiger partial charge in [0.15, 0.2) is 6.29 Å². The summed E-state index contributed by atoms with van der Waals surface area (Å²) in [6, 6.07) is 16.7. The van der Waals surface area contributed by atoms with E-state index in [0.29, 0.717) is 32.1 Å². The van der Waals surface area contributed by atoms with E-state index in [1.54, 1.807) is 0 Å². The van der Waals surface area contributed by atoms with Gasteiger partial charge in [-0.1, -0.05) is 56.0 Å². The number of ether oxygens (including phenoxy) is 2. The fourth-order valence-electron chi connectivity index (χ4n) is 2.97. The molecule has 28 heavy (non-hydrogen) atoms. The lowest BCUT2D eigenvalue weighted by Crippen LogP contribution is -2.22. The fourth-order valence-corrected chi connectivity index (χ4v) is 3.73. The Kier molecular flexibility index (Phi) is 6.77. The van der Waals surface area contributed by atoms with Gasteiger partial charge < -0.3 is 14.0 Å². The average molecular weight is 397 g/mol. The average Bonchev–Trinajstić information content (AvgIpc) is 3.03. The lowest BCUT2D eigenvalue weighted by molar-refractivity contribution is 0.0694. The van der Waals surface area contributed by atoms with Crippen LogP contribution in [0.15, 0.2) is 48.5 Å². The lowest BCUT2D eigenvalue weighted by Gasteiger charge is -2.16. The molecule has 5 nitrogen and oxygen atoms in total. The largest absolute Gasteiger partial charge is 0.369 e. The molecule has 0 aliphatic rings. The molecule has 0 spiro atoms. The molecule has 3 aromatic rings. The first-order valence-electron chi connectivity index (χ1n) is 9.61. The standard InChI is InChI=1S/C22H28N2O3Si/c1-28(2,3)13-12-26-17-24-21(16-27-15-18-8-5-4-6-9-18)23-20-11-7-10-19(14-25)22(20)24/h4-11,14H,12-13,15-17H2,1-3H3. The zero-order valence-electron chi connectivity index (χ0n) is 16.9. The zero-order valence-corrected chi connectivity index (χ0v) is 17.9. The Morgan fingerprint density at radius 2 is 1.79 bits per heavy atom. The number of benzene rings is 2. The van der Waals surface area contributed by atoms with Crippen molar-refractivity contribution in [2.75, 3.05) is 6.61 Å². The van der Waals surface area contributed by atoms with Crippen LogP contribution in [-0.4, -0.2) is 30.5 Å². The molecule has 1 aromatic heterocycles. The minimum Gasteiger partial charge on any atom is -0.369 e. The maximum Gasteiger partial charge on any atom is 0.152 e. The summed E-state index contributed by atoms with van der Waals surface area (Å²) in [6.45, 7) is 8.95. The van der Waals surface area contributed by atoms with Crippen LogP contribution >= 0.6 is 0 Å². The second-order valence-corrected chi connectivity index (χ2v) is 13.7. The Labute approximate surface area is 167 Å². The molecule has 0 unspecified atom stereocenters. The molecule has 0 radical (unpaired) electrons. The number of nitrogens with zero attached hydrogens (tertiary/aromatic N) is 2. The number of para-hydroxylation sites is 1. The van der Waals surface area contributed by atoms with Crippen LogP contribution in [0.1, 0.15) is 21.7 Å². The molecule has 0 atom stereocenters. The van der Waals surface area contributed by atoms with Crippen molar-refractivity contribution in [1.82, 2.24) is 9.55 Å². The number of carbonyl (C=O) groups is 1. The monoisotopic (exact) mass is 396 g/mol. The quantitative estimate of drug-likeness (QED) is 0.278. The van der Waals surface area contributed by atoms with Crippen molar-refractivity contribution in [3.63, 3.8) is 0 Å². The number of carbonyl (C=O) groups excluding carboxylic acids is 1. The number of rotatable bonds is 10. The molecule has 2 aromatic carbocycles. The minimum absolute atomic E-state index is 0.360. The molecule has 1 heterocycles. The van der Waals surface area contributed by atoms with E-state index < -0.39 is 8.07 Å². The smallest absolute Gasteiger partial charge is 0.152 e. The predicted octanol–water partition coefficient (Wildman–Crippen LogP) is 4.88. The Morgan fingerprint density at radius 1 is 1.00 bits per heavy atom. The van der Waals surface area contributed by atoms with Gasteiger partial charge in [-0.2, -0.15) is 0 Å². The highest BCUT2D eigenvalue weighted by Gasteiger charge is 2.16. The number of hydrogen-bond acceptors (Lipinski definition) is 4. The van der Waals surface area contributed by atoms with Crippen molar-refractivity contribution >= 4 is 25.4 Å². The van der Waals surface area contributed by atoms with Crippen LogP contribution in [0.2, 0.25) is 25.7 Å². The molecule has 6 heteroatoms. The topological polar surface area (TPSA) is 53.4 Å². The number of aromatic nitrogens is 2.